The summed E-state index contributed by atoms with van der Waals surface area (Å²) in [6.45, 7) is 3.53. The van der Waals surface area contributed by atoms with Crippen LogP contribution in [0.3, 0.4) is 0 Å². The van der Waals surface area contributed by atoms with Gasteiger partial charge in [-0.3, -0.25) is 20.3 Å². The predicted molar refractivity (Wildman–Crippen MR) is 93.5 cm³/mol. The molecule has 3 heterocycles. The summed E-state index contributed by atoms with van der Waals surface area (Å²) in [5.74, 6) is -0.0945. The zero-order valence-electron chi connectivity index (χ0n) is 14.5. The topological polar surface area (TPSA) is 99.8 Å². The SMILES string of the molecule is CCOC(=O)NC(=O)C1CCSC1NC(=O)C1CNN2CCCCC12. The summed E-state index contributed by atoms with van der Waals surface area (Å²) in [4.78, 5) is 36.5. The molecule has 0 spiro atoms. The van der Waals surface area contributed by atoms with Crippen molar-refractivity contribution in [1.29, 1.82) is 0 Å². The maximum Gasteiger partial charge on any atom is 0.413 e. The Balaban J connectivity index is 1.55. The first kappa shape index (κ1) is 18.5. The smallest absolute Gasteiger partial charge is 0.413 e. The Kier molecular flexibility index (Phi) is 6.19. The fourth-order valence-electron chi connectivity index (χ4n) is 3.80. The van der Waals surface area contributed by atoms with Crippen molar-refractivity contribution in [2.75, 3.05) is 25.4 Å². The summed E-state index contributed by atoms with van der Waals surface area (Å²) in [5.41, 5.74) is 3.31. The van der Waals surface area contributed by atoms with E-state index < -0.39 is 12.0 Å². The van der Waals surface area contributed by atoms with Gasteiger partial charge in [0.25, 0.3) is 0 Å². The summed E-state index contributed by atoms with van der Waals surface area (Å²) in [6.07, 6.45) is 3.24. The Morgan fingerprint density at radius 1 is 1.20 bits per heavy atom. The van der Waals surface area contributed by atoms with Crippen molar-refractivity contribution in [2.24, 2.45) is 11.8 Å². The van der Waals surface area contributed by atoms with E-state index in [0.717, 1.165) is 31.6 Å². The van der Waals surface area contributed by atoms with Crippen LogP contribution in [0.5, 0.6) is 0 Å². The molecule has 140 valence electrons. The number of piperidine rings is 1. The van der Waals surface area contributed by atoms with Gasteiger partial charge in [-0.25, -0.2) is 9.80 Å². The molecule has 3 N–H and O–H groups in total. The Morgan fingerprint density at radius 3 is 2.84 bits per heavy atom. The number of fused-ring (bicyclic) bond motifs is 1. The van der Waals surface area contributed by atoms with Crippen molar-refractivity contribution >= 4 is 29.7 Å². The number of rotatable bonds is 4. The number of nitrogens with one attached hydrogen (secondary N) is 3. The second-order valence-corrected chi connectivity index (χ2v) is 7.88. The van der Waals surface area contributed by atoms with Gasteiger partial charge in [0.05, 0.1) is 23.8 Å². The van der Waals surface area contributed by atoms with Crippen molar-refractivity contribution in [3.05, 3.63) is 0 Å². The van der Waals surface area contributed by atoms with Crippen LogP contribution in [0.25, 0.3) is 0 Å². The Labute approximate surface area is 151 Å². The van der Waals surface area contributed by atoms with E-state index in [1.807, 2.05) is 0 Å². The highest BCUT2D eigenvalue weighted by Gasteiger charge is 2.42. The number of hydrogen-bond acceptors (Lipinski definition) is 7. The largest absolute Gasteiger partial charge is 0.450 e. The van der Waals surface area contributed by atoms with Crippen LogP contribution in [0, 0.1) is 11.8 Å². The fraction of sp³-hybridized carbons (Fsp3) is 0.812. The number of amides is 3. The lowest BCUT2D eigenvalue weighted by Gasteiger charge is -2.31. The summed E-state index contributed by atoms with van der Waals surface area (Å²) in [6, 6.07) is 0.243. The molecule has 0 bridgehead atoms. The zero-order valence-corrected chi connectivity index (χ0v) is 15.3. The average molecular weight is 370 g/mol. The average Bonchev–Trinajstić information content (AvgIpc) is 3.21. The van der Waals surface area contributed by atoms with Gasteiger partial charge in [0, 0.05) is 19.1 Å². The predicted octanol–water partition coefficient (Wildman–Crippen LogP) is 0.443. The molecular weight excluding hydrogens is 344 g/mol. The van der Waals surface area contributed by atoms with Crippen LogP contribution in [0.4, 0.5) is 4.79 Å². The molecule has 0 radical (unpaired) electrons. The minimum Gasteiger partial charge on any atom is -0.450 e. The van der Waals surface area contributed by atoms with Gasteiger partial charge in [0.1, 0.15) is 0 Å². The Hall–Kier alpha value is -1.32. The molecule has 3 amide bonds. The van der Waals surface area contributed by atoms with Crippen LogP contribution in [-0.4, -0.2) is 59.8 Å². The molecule has 9 heteroatoms. The molecule has 0 aromatic carbocycles. The molecule has 4 atom stereocenters. The quantitative estimate of drug-likeness (QED) is 0.660. The number of thioether (sulfide) groups is 1. The summed E-state index contributed by atoms with van der Waals surface area (Å²) < 4.78 is 4.75. The third-order valence-corrected chi connectivity index (χ3v) is 6.36. The van der Waals surface area contributed by atoms with Gasteiger partial charge in [-0.2, -0.15) is 0 Å². The lowest BCUT2D eigenvalue weighted by Crippen LogP contribution is -2.49. The number of imide groups is 1. The van der Waals surface area contributed by atoms with E-state index in [-0.39, 0.29) is 35.8 Å². The molecule has 3 aliphatic heterocycles. The van der Waals surface area contributed by atoms with Crippen molar-refractivity contribution in [3.8, 4) is 0 Å². The molecule has 25 heavy (non-hydrogen) atoms. The van der Waals surface area contributed by atoms with Crippen LogP contribution >= 0.6 is 11.8 Å². The van der Waals surface area contributed by atoms with E-state index in [9.17, 15) is 14.4 Å². The molecule has 4 unspecified atom stereocenters. The molecular formula is C16H26N4O4S. The molecule has 3 aliphatic rings. The maximum absolute atomic E-state index is 12.7. The first-order chi connectivity index (χ1) is 12.1. The van der Waals surface area contributed by atoms with Crippen LogP contribution in [0.2, 0.25) is 0 Å². The molecule has 0 aromatic rings. The monoisotopic (exact) mass is 370 g/mol. The van der Waals surface area contributed by atoms with E-state index in [4.69, 9.17) is 4.74 Å². The summed E-state index contributed by atoms with van der Waals surface area (Å²) in [7, 11) is 0. The van der Waals surface area contributed by atoms with Gasteiger partial charge >= 0.3 is 6.09 Å². The fourth-order valence-corrected chi connectivity index (χ4v) is 5.13. The van der Waals surface area contributed by atoms with E-state index in [0.29, 0.717) is 13.0 Å². The van der Waals surface area contributed by atoms with E-state index in [1.165, 1.54) is 0 Å². The minimum absolute atomic E-state index is 0.00441. The Bertz CT molecular complexity index is 532. The molecule has 3 fully saturated rings. The molecule has 0 aromatic heterocycles. The van der Waals surface area contributed by atoms with Gasteiger partial charge in [-0.05, 0) is 31.9 Å². The number of ether oxygens (including phenoxy) is 1. The highest BCUT2D eigenvalue weighted by molar-refractivity contribution is 8.00. The Morgan fingerprint density at radius 2 is 2.04 bits per heavy atom. The third kappa shape index (κ3) is 4.27. The highest BCUT2D eigenvalue weighted by atomic mass is 32.2. The van der Waals surface area contributed by atoms with Crippen molar-refractivity contribution in [1.82, 2.24) is 21.1 Å². The van der Waals surface area contributed by atoms with Crippen molar-refractivity contribution in [3.63, 3.8) is 0 Å². The number of nitrogens with zero attached hydrogens (tertiary/aromatic N) is 1. The maximum atomic E-state index is 12.7. The normalized spacial score (nSPS) is 32.0. The molecule has 0 saturated carbocycles. The number of hydrazine groups is 1. The molecule has 3 saturated heterocycles. The number of carbonyl (C=O) groups is 3. The van der Waals surface area contributed by atoms with Crippen molar-refractivity contribution < 1.29 is 19.1 Å². The number of alkyl carbamates (subject to hydrolysis) is 1. The summed E-state index contributed by atoms with van der Waals surface area (Å²) >= 11 is 1.56. The number of carbonyl (C=O) groups excluding carboxylic acids is 3. The standard InChI is InChI=1S/C16H26N4O4S/c1-2-24-16(23)19-13(21)10-6-8-25-15(10)18-14(22)11-9-17-20-7-4-3-5-12(11)20/h10-12,15,17H,2-9H2,1H3,(H,18,22)(H,19,21,23). The second kappa shape index (κ2) is 8.37. The second-order valence-electron chi connectivity index (χ2n) is 6.63. The van der Waals surface area contributed by atoms with Gasteiger partial charge < -0.3 is 10.1 Å². The third-order valence-electron chi connectivity index (χ3n) is 5.08. The van der Waals surface area contributed by atoms with Gasteiger partial charge in [-0.15, -0.1) is 11.8 Å². The van der Waals surface area contributed by atoms with E-state index in [2.05, 4.69) is 21.1 Å². The van der Waals surface area contributed by atoms with Crippen LogP contribution in [0.15, 0.2) is 0 Å². The number of hydrogen-bond donors (Lipinski definition) is 3. The van der Waals surface area contributed by atoms with E-state index >= 15 is 0 Å². The van der Waals surface area contributed by atoms with Crippen LogP contribution in [-0.2, 0) is 14.3 Å². The molecule has 8 nitrogen and oxygen atoms in total. The van der Waals surface area contributed by atoms with Crippen LogP contribution in [0.1, 0.15) is 32.6 Å². The lowest BCUT2D eigenvalue weighted by molar-refractivity contribution is -0.127. The molecule has 0 aliphatic carbocycles. The van der Waals surface area contributed by atoms with Gasteiger partial charge in [0.2, 0.25) is 11.8 Å². The summed E-state index contributed by atoms with van der Waals surface area (Å²) in [5, 5.41) is 7.18. The lowest BCUT2D eigenvalue weighted by atomic mass is 9.92. The first-order valence-electron chi connectivity index (χ1n) is 9.00. The van der Waals surface area contributed by atoms with E-state index in [1.54, 1.807) is 18.7 Å². The zero-order chi connectivity index (χ0) is 17.8. The first-order valence-corrected chi connectivity index (χ1v) is 10.0. The minimum atomic E-state index is -0.729. The van der Waals surface area contributed by atoms with Gasteiger partial charge in [0.15, 0.2) is 0 Å². The van der Waals surface area contributed by atoms with Gasteiger partial charge in [-0.1, -0.05) is 6.42 Å². The molecule has 3 rings (SSSR count). The highest BCUT2D eigenvalue weighted by Crippen LogP contribution is 2.32. The van der Waals surface area contributed by atoms with Crippen molar-refractivity contribution in [2.45, 2.75) is 44.0 Å². The van der Waals surface area contributed by atoms with Crippen LogP contribution < -0.4 is 16.1 Å².